The van der Waals surface area contributed by atoms with Crippen LogP contribution in [-0.4, -0.2) is 10.8 Å². The van der Waals surface area contributed by atoms with E-state index in [-0.39, 0.29) is 23.6 Å². The Labute approximate surface area is 168 Å². The molecule has 29 heavy (non-hydrogen) atoms. The Bertz CT molecular complexity index is 1090. The van der Waals surface area contributed by atoms with Crippen LogP contribution in [0.4, 0.5) is 15.8 Å². The monoisotopic (exact) mass is 385 g/mol. The highest BCUT2D eigenvalue weighted by Gasteiger charge is 2.36. The first-order valence-electron chi connectivity index (χ1n) is 9.73. The fraction of sp³-hybridized carbons (Fsp3) is 0.167. The fourth-order valence-electron chi connectivity index (χ4n) is 4.26. The number of Topliss-reactive ketones (excluding diaryl/α,β-unsaturated/α-hetero) is 1. The van der Waals surface area contributed by atoms with Gasteiger partial charge in [0.1, 0.15) is 5.82 Å². The minimum Gasteiger partial charge on any atom is -0.372 e. The van der Waals surface area contributed by atoms with Gasteiger partial charge in [-0.2, -0.15) is 0 Å². The van der Waals surface area contributed by atoms with Gasteiger partial charge in [0.25, 0.3) is 0 Å². The second-order valence-electron chi connectivity index (χ2n) is 7.51. The van der Waals surface area contributed by atoms with Crippen LogP contribution in [0.15, 0.2) is 84.3 Å². The number of fused-ring (bicyclic) bond motifs is 1. The lowest BCUT2D eigenvalue weighted by molar-refractivity contribution is -0.116. The summed E-state index contributed by atoms with van der Waals surface area (Å²) >= 11 is 0. The summed E-state index contributed by atoms with van der Waals surface area (Å²) in [7, 11) is 0. The number of rotatable bonds is 2. The number of allylic oxidation sites excluding steroid dienone is 1. The van der Waals surface area contributed by atoms with Crippen molar-refractivity contribution < 1.29 is 9.18 Å². The normalized spacial score (nSPS) is 20.8. The van der Waals surface area contributed by atoms with E-state index < -0.39 is 0 Å². The molecule has 0 saturated carbocycles. The smallest absolute Gasteiger partial charge is 0.163 e. The number of nitrogens with zero attached hydrogens (tertiary/aromatic N) is 1. The number of hydrogen-bond acceptors (Lipinski definition) is 4. The summed E-state index contributed by atoms with van der Waals surface area (Å²) in [5.74, 6) is -0.144. The molecule has 1 aliphatic carbocycles. The maximum atomic E-state index is 13.4. The van der Waals surface area contributed by atoms with Gasteiger partial charge in [-0.15, -0.1) is 0 Å². The number of anilines is 2. The highest BCUT2D eigenvalue weighted by Crippen LogP contribution is 2.43. The summed E-state index contributed by atoms with van der Waals surface area (Å²) < 4.78 is 13.4. The second kappa shape index (κ2) is 7.17. The van der Waals surface area contributed by atoms with E-state index in [1.807, 2.05) is 36.4 Å². The maximum Gasteiger partial charge on any atom is 0.163 e. The number of carbonyl (C=O) groups excluding carboxylic acids is 1. The molecule has 5 heteroatoms. The van der Waals surface area contributed by atoms with Crippen LogP contribution >= 0.6 is 0 Å². The van der Waals surface area contributed by atoms with Crippen molar-refractivity contribution >= 4 is 17.2 Å². The third kappa shape index (κ3) is 3.29. The van der Waals surface area contributed by atoms with Crippen molar-refractivity contribution in [3.05, 3.63) is 101 Å². The van der Waals surface area contributed by atoms with Crippen LogP contribution in [0.5, 0.6) is 0 Å². The van der Waals surface area contributed by atoms with E-state index in [2.05, 4.69) is 15.6 Å². The zero-order valence-electron chi connectivity index (χ0n) is 15.7. The van der Waals surface area contributed by atoms with Crippen LogP contribution in [-0.2, 0) is 4.79 Å². The molecule has 0 radical (unpaired) electrons. The predicted molar refractivity (Wildman–Crippen MR) is 111 cm³/mol. The highest BCUT2D eigenvalue weighted by atomic mass is 19.1. The molecule has 2 aromatic carbocycles. The van der Waals surface area contributed by atoms with Gasteiger partial charge in [-0.1, -0.05) is 30.3 Å². The molecular formula is C24H20FN3O. The fourth-order valence-corrected chi connectivity index (χ4v) is 4.26. The van der Waals surface area contributed by atoms with Crippen LogP contribution < -0.4 is 10.6 Å². The van der Waals surface area contributed by atoms with Crippen LogP contribution in [0.1, 0.15) is 35.9 Å². The Balaban J connectivity index is 1.60. The molecule has 3 aromatic rings. The third-order valence-corrected chi connectivity index (χ3v) is 5.67. The van der Waals surface area contributed by atoms with Gasteiger partial charge < -0.3 is 10.6 Å². The van der Waals surface area contributed by atoms with Gasteiger partial charge in [-0.3, -0.25) is 9.78 Å². The number of ketones is 1. The molecule has 0 amide bonds. The Morgan fingerprint density at radius 1 is 0.897 bits per heavy atom. The number of pyridine rings is 1. The first kappa shape index (κ1) is 17.6. The van der Waals surface area contributed by atoms with Gasteiger partial charge in [-0.25, -0.2) is 4.39 Å². The molecule has 1 aromatic heterocycles. The van der Waals surface area contributed by atoms with Gasteiger partial charge in [0, 0.05) is 30.1 Å². The summed E-state index contributed by atoms with van der Waals surface area (Å²) in [4.78, 5) is 17.6. The Morgan fingerprint density at radius 3 is 2.45 bits per heavy atom. The average molecular weight is 385 g/mol. The van der Waals surface area contributed by atoms with Gasteiger partial charge in [0.15, 0.2) is 5.78 Å². The minimum absolute atomic E-state index is 0.0224. The number of benzene rings is 2. The molecule has 4 nitrogen and oxygen atoms in total. The van der Waals surface area contributed by atoms with E-state index in [0.717, 1.165) is 33.8 Å². The van der Waals surface area contributed by atoms with Crippen molar-refractivity contribution in [2.24, 2.45) is 0 Å². The van der Waals surface area contributed by atoms with Crippen molar-refractivity contribution in [3.63, 3.8) is 0 Å². The Hall–Kier alpha value is -3.47. The van der Waals surface area contributed by atoms with Crippen molar-refractivity contribution in [2.45, 2.75) is 24.8 Å². The van der Waals surface area contributed by atoms with Crippen LogP contribution in [0.3, 0.4) is 0 Å². The standard InChI is InChI=1S/C24H20FN3O/c25-18-9-7-15(8-10-18)17-12-21-23(22(29)13-17)24(16-4-3-11-26-14-16)28-20-6-2-1-5-19(20)27-21/h1-11,14,17,24,27-28H,12-13H2/t17-,24-/m0/s1. The van der Waals surface area contributed by atoms with Crippen LogP contribution in [0.2, 0.25) is 0 Å². The third-order valence-electron chi connectivity index (χ3n) is 5.67. The number of halogens is 1. The van der Waals surface area contributed by atoms with E-state index in [1.165, 1.54) is 12.1 Å². The molecule has 0 spiro atoms. The van der Waals surface area contributed by atoms with Gasteiger partial charge >= 0.3 is 0 Å². The summed E-state index contributed by atoms with van der Waals surface area (Å²) in [6.07, 6.45) is 4.63. The zero-order chi connectivity index (χ0) is 19.8. The van der Waals surface area contributed by atoms with E-state index in [4.69, 9.17) is 0 Å². The van der Waals surface area contributed by atoms with Crippen molar-refractivity contribution in [1.29, 1.82) is 0 Å². The topological polar surface area (TPSA) is 54.0 Å². The minimum atomic E-state index is -0.267. The molecule has 1 aliphatic heterocycles. The molecule has 2 aliphatic rings. The molecule has 2 heterocycles. The first-order chi connectivity index (χ1) is 14.2. The zero-order valence-corrected chi connectivity index (χ0v) is 15.7. The van der Waals surface area contributed by atoms with E-state index in [1.54, 1.807) is 24.5 Å². The number of carbonyl (C=O) groups is 1. The van der Waals surface area contributed by atoms with E-state index in [9.17, 15) is 9.18 Å². The van der Waals surface area contributed by atoms with Gasteiger partial charge in [0.05, 0.1) is 17.4 Å². The van der Waals surface area contributed by atoms with Gasteiger partial charge in [-0.05, 0) is 53.8 Å². The summed E-state index contributed by atoms with van der Waals surface area (Å²) in [6.45, 7) is 0. The molecule has 0 bridgehead atoms. The van der Waals surface area contributed by atoms with Crippen molar-refractivity contribution in [3.8, 4) is 0 Å². The van der Waals surface area contributed by atoms with E-state index >= 15 is 0 Å². The lowest BCUT2D eigenvalue weighted by atomic mass is 9.79. The van der Waals surface area contributed by atoms with E-state index in [0.29, 0.717) is 12.8 Å². The molecule has 5 rings (SSSR count). The quantitative estimate of drug-likeness (QED) is 0.637. The molecule has 144 valence electrons. The lowest BCUT2D eigenvalue weighted by Gasteiger charge is -2.29. The van der Waals surface area contributed by atoms with Crippen LogP contribution in [0.25, 0.3) is 0 Å². The van der Waals surface area contributed by atoms with Gasteiger partial charge in [0.2, 0.25) is 0 Å². The molecular weight excluding hydrogens is 365 g/mol. The number of aromatic nitrogens is 1. The first-order valence-corrected chi connectivity index (χ1v) is 9.73. The maximum absolute atomic E-state index is 13.4. The summed E-state index contributed by atoms with van der Waals surface area (Å²) in [5.41, 5.74) is 5.50. The molecule has 0 unspecified atom stereocenters. The summed E-state index contributed by atoms with van der Waals surface area (Å²) in [5, 5.41) is 7.04. The predicted octanol–water partition coefficient (Wildman–Crippen LogP) is 5.20. The van der Waals surface area contributed by atoms with Crippen LogP contribution in [0, 0.1) is 5.82 Å². The van der Waals surface area contributed by atoms with Crippen molar-refractivity contribution in [1.82, 2.24) is 4.98 Å². The second-order valence-corrected chi connectivity index (χ2v) is 7.51. The molecule has 0 saturated heterocycles. The molecule has 2 N–H and O–H groups in total. The number of nitrogens with one attached hydrogen (secondary N) is 2. The molecule has 0 fully saturated rings. The number of hydrogen-bond donors (Lipinski definition) is 2. The SMILES string of the molecule is O=C1C[C@@H](c2ccc(F)cc2)CC2=C1[C@H](c1cccnc1)Nc1ccccc1N2. The van der Waals surface area contributed by atoms with Crippen molar-refractivity contribution in [2.75, 3.05) is 10.6 Å². The largest absolute Gasteiger partial charge is 0.372 e. The average Bonchev–Trinajstić information content (AvgIpc) is 2.92. The molecule has 2 atom stereocenters. The highest BCUT2D eigenvalue weighted by molar-refractivity contribution is 6.01. The lowest BCUT2D eigenvalue weighted by Crippen LogP contribution is -2.26. The Morgan fingerprint density at radius 2 is 1.69 bits per heavy atom. The summed E-state index contributed by atoms with van der Waals surface area (Å²) in [6, 6.07) is 18.0. The number of para-hydroxylation sites is 2. The Kier molecular flexibility index (Phi) is 4.35.